The van der Waals surface area contributed by atoms with Crippen LogP contribution in [0.3, 0.4) is 0 Å². The lowest BCUT2D eigenvalue weighted by Gasteiger charge is -2.31. The van der Waals surface area contributed by atoms with Gasteiger partial charge in [-0.05, 0) is 31.5 Å². The Balaban J connectivity index is 1.68. The van der Waals surface area contributed by atoms with Gasteiger partial charge >= 0.3 is 0 Å². The number of rotatable bonds is 3. The minimum Gasteiger partial charge on any atom is -0.350 e. The molecule has 1 N–H and O–H groups in total. The topological polar surface area (TPSA) is 45.5 Å². The van der Waals surface area contributed by atoms with Crippen LogP contribution in [-0.4, -0.2) is 45.2 Å². The zero-order valence-corrected chi connectivity index (χ0v) is 11.0. The summed E-state index contributed by atoms with van der Waals surface area (Å²) in [6.07, 6.45) is 3.53. The van der Waals surface area contributed by atoms with Crippen LogP contribution in [0.1, 0.15) is 19.8 Å². The minimum atomic E-state index is -0.305. The molecule has 6 heteroatoms. The van der Waals surface area contributed by atoms with Gasteiger partial charge in [-0.2, -0.15) is 4.98 Å². The Bertz CT molecular complexity index is 559. The number of nitrogens with one attached hydrogen (secondary N) is 1. The van der Waals surface area contributed by atoms with Crippen LogP contribution in [0.2, 0.25) is 0 Å². The predicted octanol–water partition coefficient (Wildman–Crippen LogP) is 1.76. The van der Waals surface area contributed by atoms with Gasteiger partial charge in [-0.25, -0.2) is 8.91 Å². The third kappa shape index (κ3) is 2.68. The van der Waals surface area contributed by atoms with Gasteiger partial charge in [0, 0.05) is 19.1 Å². The molecular formula is C13H18FN5. The lowest BCUT2D eigenvalue weighted by molar-refractivity contribution is 0.229. The highest BCUT2D eigenvalue weighted by Gasteiger charge is 2.19. The highest BCUT2D eigenvalue weighted by atomic mass is 19.1. The first kappa shape index (κ1) is 12.3. The number of piperidine rings is 1. The number of hydrogen-bond donors (Lipinski definition) is 1. The molecule has 3 heterocycles. The number of hydrogen-bond acceptors (Lipinski definition) is 4. The molecule has 0 aliphatic carbocycles. The molecule has 2 aromatic rings. The van der Waals surface area contributed by atoms with Crippen molar-refractivity contribution in [3.05, 3.63) is 24.1 Å². The van der Waals surface area contributed by atoms with Crippen molar-refractivity contribution >= 4 is 11.6 Å². The Morgan fingerprint density at radius 1 is 1.37 bits per heavy atom. The summed E-state index contributed by atoms with van der Waals surface area (Å²) in [5.41, 5.74) is 0.662. The molecule has 0 bridgehead atoms. The Morgan fingerprint density at radius 3 is 2.89 bits per heavy atom. The molecule has 0 spiro atoms. The zero-order chi connectivity index (χ0) is 13.2. The molecular weight excluding hydrogens is 245 g/mol. The van der Waals surface area contributed by atoms with Crippen molar-refractivity contribution in [1.82, 2.24) is 19.5 Å². The second-order valence-electron chi connectivity index (χ2n) is 4.94. The molecule has 0 saturated carbocycles. The molecule has 0 amide bonds. The Kier molecular flexibility index (Phi) is 3.33. The monoisotopic (exact) mass is 263 g/mol. The highest BCUT2D eigenvalue weighted by molar-refractivity contribution is 5.43. The molecule has 19 heavy (non-hydrogen) atoms. The second-order valence-corrected chi connectivity index (χ2v) is 4.94. The van der Waals surface area contributed by atoms with Gasteiger partial charge in [-0.1, -0.05) is 6.92 Å². The van der Waals surface area contributed by atoms with Crippen molar-refractivity contribution in [2.75, 3.05) is 25.0 Å². The fourth-order valence-electron chi connectivity index (χ4n) is 2.50. The highest BCUT2D eigenvalue weighted by Crippen LogP contribution is 2.15. The largest absolute Gasteiger partial charge is 0.350 e. The van der Waals surface area contributed by atoms with Crippen LogP contribution in [0.15, 0.2) is 18.3 Å². The third-order valence-electron chi connectivity index (χ3n) is 3.66. The van der Waals surface area contributed by atoms with E-state index in [0.29, 0.717) is 17.6 Å². The fourth-order valence-corrected chi connectivity index (χ4v) is 2.50. The Morgan fingerprint density at radius 2 is 2.16 bits per heavy atom. The maximum atomic E-state index is 13.1. The molecule has 1 saturated heterocycles. The van der Waals surface area contributed by atoms with Gasteiger partial charge in [-0.3, -0.25) is 0 Å². The van der Waals surface area contributed by atoms with Gasteiger partial charge in [0.15, 0.2) is 5.65 Å². The van der Waals surface area contributed by atoms with Crippen molar-refractivity contribution in [1.29, 1.82) is 0 Å². The predicted molar refractivity (Wildman–Crippen MR) is 71.7 cm³/mol. The van der Waals surface area contributed by atoms with Gasteiger partial charge in [0.25, 0.3) is 0 Å². The first-order valence-corrected chi connectivity index (χ1v) is 6.75. The summed E-state index contributed by atoms with van der Waals surface area (Å²) in [5.74, 6) is 0.278. The van der Waals surface area contributed by atoms with E-state index in [1.54, 1.807) is 6.07 Å². The average molecular weight is 263 g/mol. The number of aromatic nitrogens is 3. The van der Waals surface area contributed by atoms with Crippen molar-refractivity contribution in [2.24, 2.45) is 0 Å². The van der Waals surface area contributed by atoms with Gasteiger partial charge < -0.3 is 10.2 Å². The van der Waals surface area contributed by atoms with E-state index in [0.717, 1.165) is 32.5 Å². The number of anilines is 1. The van der Waals surface area contributed by atoms with Gasteiger partial charge in [0.2, 0.25) is 5.95 Å². The van der Waals surface area contributed by atoms with Crippen LogP contribution in [0, 0.1) is 5.82 Å². The summed E-state index contributed by atoms with van der Waals surface area (Å²) in [5, 5.41) is 7.59. The van der Waals surface area contributed by atoms with Crippen molar-refractivity contribution in [3.63, 3.8) is 0 Å². The first-order valence-electron chi connectivity index (χ1n) is 6.75. The molecule has 1 aliphatic heterocycles. The van der Waals surface area contributed by atoms with E-state index in [4.69, 9.17) is 0 Å². The second kappa shape index (κ2) is 5.13. The van der Waals surface area contributed by atoms with Crippen LogP contribution in [-0.2, 0) is 0 Å². The van der Waals surface area contributed by atoms with Crippen molar-refractivity contribution < 1.29 is 4.39 Å². The lowest BCUT2D eigenvalue weighted by atomic mass is 10.1. The van der Waals surface area contributed by atoms with Crippen molar-refractivity contribution in [3.8, 4) is 0 Å². The summed E-state index contributed by atoms with van der Waals surface area (Å²) in [6.45, 7) is 5.51. The van der Waals surface area contributed by atoms with Crippen LogP contribution in [0.4, 0.5) is 10.3 Å². The Labute approximate surface area is 111 Å². The summed E-state index contributed by atoms with van der Waals surface area (Å²) < 4.78 is 14.5. The van der Waals surface area contributed by atoms with E-state index in [9.17, 15) is 4.39 Å². The molecule has 1 fully saturated rings. The molecule has 0 unspecified atom stereocenters. The van der Waals surface area contributed by atoms with E-state index in [1.165, 1.54) is 16.8 Å². The molecule has 0 aromatic carbocycles. The minimum absolute atomic E-state index is 0.305. The zero-order valence-electron chi connectivity index (χ0n) is 11.0. The number of likely N-dealkylation sites (tertiary alicyclic amines) is 1. The van der Waals surface area contributed by atoms with E-state index in [-0.39, 0.29) is 5.82 Å². The van der Waals surface area contributed by atoms with Crippen LogP contribution in [0.25, 0.3) is 5.65 Å². The van der Waals surface area contributed by atoms with E-state index in [1.807, 2.05) is 0 Å². The lowest BCUT2D eigenvalue weighted by Crippen LogP contribution is -2.39. The number of fused-ring (bicyclic) bond motifs is 1. The van der Waals surface area contributed by atoms with E-state index >= 15 is 0 Å². The average Bonchev–Trinajstić information content (AvgIpc) is 2.81. The summed E-state index contributed by atoms with van der Waals surface area (Å²) in [7, 11) is 0. The molecule has 0 radical (unpaired) electrons. The SMILES string of the molecule is CCN1CCC(Nc2nc3ccc(F)cn3n2)CC1. The Hall–Kier alpha value is -1.69. The fraction of sp³-hybridized carbons (Fsp3) is 0.538. The smallest absolute Gasteiger partial charge is 0.243 e. The molecule has 1 aliphatic rings. The van der Waals surface area contributed by atoms with Gasteiger partial charge in [0.05, 0.1) is 6.20 Å². The quantitative estimate of drug-likeness (QED) is 0.916. The summed E-state index contributed by atoms with van der Waals surface area (Å²) in [6, 6.07) is 3.44. The first-order chi connectivity index (χ1) is 9.24. The van der Waals surface area contributed by atoms with Gasteiger partial charge in [0.1, 0.15) is 5.82 Å². The molecule has 2 aromatic heterocycles. The molecule has 0 atom stereocenters. The standard InChI is InChI=1S/C13H18FN5/c1-2-18-7-5-11(6-8-18)15-13-16-12-4-3-10(14)9-19(12)17-13/h3-4,9,11H,2,5-8H2,1H3,(H,15,17). The third-order valence-corrected chi connectivity index (χ3v) is 3.66. The van der Waals surface area contributed by atoms with E-state index < -0.39 is 0 Å². The van der Waals surface area contributed by atoms with Crippen LogP contribution >= 0.6 is 0 Å². The number of pyridine rings is 1. The van der Waals surface area contributed by atoms with Crippen molar-refractivity contribution in [2.45, 2.75) is 25.8 Å². The normalized spacial score (nSPS) is 18.0. The molecule has 102 valence electrons. The van der Waals surface area contributed by atoms with Crippen LogP contribution in [0.5, 0.6) is 0 Å². The number of halogens is 1. The molecule has 5 nitrogen and oxygen atoms in total. The maximum absolute atomic E-state index is 13.1. The number of nitrogens with zero attached hydrogens (tertiary/aromatic N) is 4. The van der Waals surface area contributed by atoms with Crippen LogP contribution < -0.4 is 5.32 Å². The van der Waals surface area contributed by atoms with E-state index in [2.05, 4.69) is 27.2 Å². The summed E-state index contributed by atoms with van der Waals surface area (Å²) >= 11 is 0. The van der Waals surface area contributed by atoms with Gasteiger partial charge in [-0.15, -0.1) is 5.10 Å². The maximum Gasteiger partial charge on any atom is 0.243 e. The summed E-state index contributed by atoms with van der Waals surface area (Å²) in [4.78, 5) is 6.78. The molecule has 3 rings (SSSR count).